The van der Waals surface area contributed by atoms with Crippen LogP contribution in [0.15, 0.2) is 52.8 Å². The standard InChI is InChI=1S/C20H26N6OS/c1-16-24-25-19(26(16)2)15-23-20(22-14-18-10-6-13-28-18)21-11-7-12-27-17-8-4-3-5-9-17/h3-6,8-10,13H,7,11-12,14-15H2,1-2H3,(H2,21,22,23). The van der Waals surface area contributed by atoms with Crippen LogP contribution in [-0.4, -0.2) is 33.9 Å². The lowest BCUT2D eigenvalue weighted by Crippen LogP contribution is -2.37. The molecule has 0 atom stereocenters. The minimum Gasteiger partial charge on any atom is -0.494 e. The van der Waals surface area contributed by atoms with Gasteiger partial charge in [0.05, 0.1) is 13.2 Å². The first-order valence-electron chi connectivity index (χ1n) is 9.29. The van der Waals surface area contributed by atoms with Crippen molar-refractivity contribution < 1.29 is 4.74 Å². The van der Waals surface area contributed by atoms with Crippen LogP contribution in [0.1, 0.15) is 22.9 Å². The summed E-state index contributed by atoms with van der Waals surface area (Å²) in [5.41, 5.74) is 0. The third kappa shape index (κ3) is 6.09. The number of hydrogen-bond donors (Lipinski definition) is 2. The number of rotatable bonds is 9. The molecular formula is C20H26N6OS. The quantitative estimate of drug-likeness (QED) is 0.329. The van der Waals surface area contributed by atoms with Crippen LogP contribution in [0.25, 0.3) is 0 Å². The zero-order chi connectivity index (χ0) is 19.6. The lowest BCUT2D eigenvalue weighted by molar-refractivity contribution is 0.311. The lowest BCUT2D eigenvalue weighted by Gasteiger charge is -2.12. The molecule has 2 heterocycles. The normalized spacial score (nSPS) is 11.4. The molecule has 0 saturated heterocycles. The number of benzene rings is 1. The summed E-state index contributed by atoms with van der Waals surface area (Å²) in [4.78, 5) is 5.92. The molecule has 0 bridgehead atoms. The van der Waals surface area contributed by atoms with Crippen molar-refractivity contribution in [3.8, 4) is 5.75 Å². The number of thiophene rings is 1. The van der Waals surface area contributed by atoms with E-state index in [2.05, 4.69) is 43.3 Å². The van der Waals surface area contributed by atoms with E-state index in [1.165, 1.54) is 4.88 Å². The Labute approximate surface area is 169 Å². The molecule has 8 heteroatoms. The van der Waals surface area contributed by atoms with E-state index in [1.54, 1.807) is 11.3 Å². The van der Waals surface area contributed by atoms with Crippen LogP contribution in [0.4, 0.5) is 0 Å². The van der Waals surface area contributed by atoms with Crippen molar-refractivity contribution in [2.24, 2.45) is 12.0 Å². The van der Waals surface area contributed by atoms with Gasteiger partial charge in [0.25, 0.3) is 0 Å². The number of ether oxygens (including phenoxy) is 1. The summed E-state index contributed by atoms with van der Waals surface area (Å²) in [5, 5.41) is 17.1. The van der Waals surface area contributed by atoms with Crippen molar-refractivity contribution in [1.82, 2.24) is 25.4 Å². The highest BCUT2D eigenvalue weighted by Crippen LogP contribution is 2.08. The fourth-order valence-electron chi connectivity index (χ4n) is 2.48. The van der Waals surface area contributed by atoms with Crippen molar-refractivity contribution in [2.75, 3.05) is 13.2 Å². The predicted octanol–water partition coefficient (Wildman–Crippen LogP) is 2.89. The Bertz CT molecular complexity index is 860. The number of para-hydroxylation sites is 1. The number of hydrogen-bond acceptors (Lipinski definition) is 5. The van der Waals surface area contributed by atoms with Gasteiger partial charge in [-0.05, 0) is 36.9 Å². The predicted molar refractivity (Wildman–Crippen MR) is 113 cm³/mol. The largest absolute Gasteiger partial charge is 0.494 e. The molecule has 0 radical (unpaired) electrons. The fraction of sp³-hybridized carbons (Fsp3) is 0.350. The highest BCUT2D eigenvalue weighted by Gasteiger charge is 2.05. The molecule has 3 aromatic rings. The second-order valence-corrected chi connectivity index (χ2v) is 7.29. The van der Waals surface area contributed by atoms with E-state index in [9.17, 15) is 0 Å². The minimum absolute atomic E-state index is 0.470. The van der Waals surface area contributed by atoms with Crippen LogP contribution in [0.3, 0.4) is 0 Å². The summed E-state index contributed by atoms with van der Waals surface area (Å²) in [6.07, 6.45) is 0.873. The average Bonchev–Trinajstić information content (AvgIpc) is 3.35. The van der Waals surface area contributed by atoms with Gasteiger partial charge in [-0.2, -0.15) is 0 Å². The second kappa shape index (κ2) is 10.5. The van der Waals surface area contributed by atoms with Gasteiger partial charge in [-0.25, -0.2) is 4.99 Å². The van der Waals surface area contributed by atoms with Gasteiger partial charge in [0.1, 0.15) is 18.1 Å². The first kappa shape index (κ1) is 19.9. The molecule has 0 aliphatic carbocycles. The molecule has 148 valence electrons. The van der Waals surface area contributed by atoms with E-state index in [0.717, 1.165) is 42.9 Å². The molecule has 0 saturated carbocycles. The summed E-state index contributed by atoms with van der Waals surface area (Å²) < 4.78 is 7.69. The highest BCUT2D eigenvalue weighted by molar-refractivity contribution is 7.09. The maximum atomic E-state index is 5.73. The Kier molecular flexibility index (Phi) is 7.43. The maximum Gasteiger partial charge on any atom is 0.192 e. The van der Waals surface area contributed by atoms with Crippen molar-refractivity contribution in [3.63, 3.8) is 0 Å². The lowest BCUT2D eigenvalue weighted by atomic mass is 10.3. The molecular weight excluding hydrogens is 372 g/mol. The number of guanidine groups is 1. The van der Waals surface area contributed by atoms with Gasteiger partial charge >= 0.3 is 0 Å². The molecule has 0 fully saturated rings. The Morgan fingerprint density at radius 3 is 2.71 bits per heavy atom. The molecule has 0 spiro atoms. The highest BCUT2D eigenvalue weighted by atomic mass is 32.1. The Hall–Kier alpha value is -2.87. The van der Waals surface area contributed by atoms with Crippen LogP contribution in [0, 0.1) is 6.92 Å². The molecule has 28 heavy (non-hydrogen) atoms. The van der Waals surface area contributed by atoms with Crippen molar-refractivity contribution in [3.05, 3.63) is 64.4 Å². The fourth-order valence-corrected chi connectivity index (χ4v) is 3.13. The number of aryl methyl sites for hydroxylation is 1. The molecule has 2 aromatic heterocycles. The molecule has 0 amide bonds. The van der Waals surface area contributed by atoms with E-state index in [4.69, 9.17) is 4.74 Å². The smallest absolute Gasteiger partial charge is 0.192 e. The van der Waals surface area contributed by atoms with E-state index >= 15 is 0 Å². The maximum absolute atomic E-state index is 5.73. The minimum atomic E-state index is 0.470. The molecule has 7 nitrogen and oxygen atoms in total. The van der Waals surface area contributed by atoms with Crippen molar-refractivity contribution in [2.45, 2.75) is 26.4 Å². The number of aromatic nitrogens is 3. The Morgan fingerprint density at radius 2 is 2.00 bits per heavy atom. The van der Waals surface area contributed by atoms with Gasteiger partial charge in [0.15, 0.2) is 11.8 Å². The van der Waals surface area contributed by atoms with Crippen LogP contribution in [-0.2, 0) is 20.1 Å². The summed E-state index contributed by atoms with van der Waals surface area (Å²) >= 11 is 1.72. The van der Waals surface area contributed by atoms with Crippen LogP contribution >= 0.6 is 11.3 Å². The van der Waals surface area contributed by atoms with Gasteiger partial charge in [0, 0.05) is 18.5 Å². The number of nitrogens with one attached hydrogen (secondary N) is 2. The van der Waals surface area contributed by atoms with Gasteiger partial charge in [0.2, 0.25) is 0 Å². The van der Waals surface area contributed by atoms with E-state index < -0.39 is 0 Å². The zero-order valence-corrected chi connectivity index (χ0v) is 17.1. The van der Waals surface area contributed by atoms with Crippen molar-refractivity contribution in [1.29, 1.82) is 0 Å². The number of aliphatic imine (C=N–C) groups is 1. The molecule has 1 aromatic carbocycles. The van der Waals surface area contributed by atoms with Crippen LogP contribution < -0.4 is 15.4 Å². The van der Waals surface area contributed by atoms with Gasteiger partial charge < -0.3 is 19.9 Å². The van der Waals surface area contributed by atoms with E-state index in [0.29, 0.717) is 13.2 Å². The van der Waals surface area contributed by atoms with Gasteiger partial charge in [-0.1, -0.05) is 24.3 Å². The summed E-state index contributed by atoms with van der Waals surface area (Å²) in [6.45, 7) is 4.55. The first-order chi connectivity index (χ1) is 13.7. The molecule has 0 aliphatic rings. The Balaban J connectivity index is 1.49. The number of nitrogens with zero attached hydrogens (tertiary/aromatic N) is 4. The molecule has 0 aliphatic heterocycles. The van der Waals surface area contributed by atoms with Crippen LogP contribution in [0.2, 0.25) is 0 Å². The second-order valence-electron chi connectivity index (χ2n) is 6.26. The molecule has 3 rings (SSSR count). The first-order valence-corrected chi connectivity index (χ1v) is 10.2. The Morgan fingerprint density at radius 1 is 1.14 bits per heavy atom. The third-order valence-electron chi connectivity index (χ3n) is 4.20. The zero-order valence-electron chi connectivity index (χ0n) is 16.3. The molecule has 2 N–H and O–H groups in total. The van der Waals surface area contributed by atoms with Gasteiger partial charge in [-0.15, -0.1) is 21.5 Å². The topological polar surface area (TPSA) is 76.4 Å². The summed E-state index contributed by atoms with van der Waals surface area (Å²) in [7, 11) is 1.95. The van der Waals surface area contributed by atoms with Gasteiger partial charge in [-0.3, -0.25) is 0 Å². The van der Waals surface area contributed by atoms with Crippen LogP contribution in [0.5, 0.6) is 5.75 Å². The van der Waals surface area contributed by atoms with E-state index in [-0.39, 0.29) is 0 Å². The summed E-state index contributed by atoms with van der Waals surface area (Å²) in [5.74, 6) is 3.37. The van der Waals surface area contributed by atoms with Crippen molar-refractivity contribution >= 4 is 17.3 Å². The van der Waals surface area contributed by atoms with E-state index in [1.807, 2.05) is 48.9 Å². The summed E-state index contributed by atoms with van der Waals surface area (Å²) in [6, 6.07) is 14.0. The molecule has 0 unspecified atom stereocenters. The third-order valence-corrected chi connectivity index (χ3v) is 5.07. The SMILES string of the molecule is Cc1nnc(CN=C(NCCCOc2ccccc2)NCc2cccs2)n1C. The monoisotopic (exact) mass is 398 g/mol. The average molecular weight is 399 g/mol.